The van der Waals surface area contributed by atoms with Crippen molar-refractivity contribution in [1.29, 1.82) is 0 Å². The number of carbonyl (C=O) groups is 2. The highest BCUT2D eigenvalue weighted by Gasteiger charge is 2.31. The van der Waals surface area contributed by atoms with Crippen LogP contribution in [0, 0.1) is 11.8 Å². The molecule has 1 N–H and O–H groups in total. The number of H-pyrrole nitrogens is 1. The molecule has 4 rings (SSSR count). The Kier molecular flexibility index (Phi) is 4.94. The molecule has 1 saturated heterocycles. The van der Waals surface area contributed by atoms with Crippen LogP contribution in [0.2, 0.25) is 0 Å². The highest BCUT2D eigenvalue weighted by molar-refractivity contribution is 6.07. The molecule has 2 heterocycles. The minimum Gasteiger partial charge on any atom is -0.466 e. The number of aromatic nitrogens is 1. The van der Waals surface area contributed by atoms with Crippen LogP contribution in [0.3, 0.4) is 0 Å². The van der Waals surface area contributed by atoms with Gasteiger partial charge in [-0.1, -0.05) is 19.1 Å². The van der Waals surface area contributed by atoms with E-state index in [0.717, 1.165) is 36.8 Å². The maximum atomic E-state index is 13.3. The third kappa shape index (κ3) is 3.35. The Morgan fingerprint density at radius 3 is 2.96 bits per heavy atom. The molecule has 5 nitrogen and oxygen atoms in total. The van der Waals surface area contributed by atoms with Gasteiger partial charge in [0, 0.05) is 24.2 Å². The Hall–Kier alpha value is -2.30. The lowest BCUT2D eigenvalue weighted by Gasteiger charge is -2.31. The molecule has 1 aliphatic heterocycles. The molecule has 1 amide bonds. The van der Waals surface area contributed by atoms with Crippen LogP contribution in [-0.4, -0.2) is 41.5 Å². The van der Waals surface area contributed by atoms with Crippen molar-refractivity contribution in [1.82, 2.24) is 9.88 Å². The fourth-order valence-electron chi connectivity index (χ4n) is 4.58. The number of ether oxygens (including phenoxy) is 1. The van der Waals surface area contributed by atoms with Gasteiger partial charge in [0.1, 0.15) is 0 Å². The van der Waals surface area contributed by atoms with Gasteiger partial charge in [0.25, 0.3) is 5.91 Å². The molecule has 1 aromatic heterocycles. The number of nitrogens with one attached hydrogen (secondary N) is 1. The summed E-state index contributed by atoms with van der Waals surface area (Å²) in [4.78, 5) is 30.7. The summed E-state index contributed by atoms with van der Waals surface area (Å²) in [6, 6.07) is 6.01. The Balaban J connectivity index is 1.62. The second-order valence-electron chi connectivity index (χ2n) is 8.00. The molecule has 0 saturated carbocycles. The molecule has 2 aromatic rings. The number of aryl methyl sites for hydroxylation is 1. The third-order valence-corrected chi connectivity index (χ3v) is 6.03. The zero-order chi connectivity index (χ0) is 19.0. The van der Waals surface area contributed by atoms with E-state index in [9.17, 15) is 9.59 Å². The van der Waals surface area contributed by atoms with E-state index < -0.39 is 0 Å². The van der Waals surface area contributed by atoms with E-state index in [-0.39, 0.29) is 17.8 Å². The Bertz CT molecular complexity index is 870. The van der Waals surface area contributed by atoms with Gasteiger partial charge in [0.2, 0.25) is 0 Å². The number of hydrogen-bond acceptors (Lipinski definition) is 3. The lowest BCUT2D eigenvalue weighted by molar-refractivity contribution is -0.149. The molecule has 1 aliphatic carbocycles. The first kappa shape index (κ1) is 18.1. The van der Waals surface area contributed by atoms with E-state index in [1.54, 1.807) is 0 Å². The summed E-state index contributed by atoms with van der Waals surface area (Å²) >= 11 is 0. The van der Waals surface area contributed by atoms with Gasteiger partial charge in [-0.25, -0.2) is 0 Å². The van der Waals surface area contributed by atoms with Gasteiger partial charge in [-0.2, -0.15) is 0 Å². The molecule has 1 fully saturated rings. The highest BCUT2D eigenvalue weighted by Crippen LogP contribution is 2.33. The van der Waals surface area contributed by atoms with E-state index in [4.69, 9.17) is 4.74 Å². The molecule has 0 spiro atoms. The molecule has 2 atom stereocenters. The van der Waals surface area contributed by atoms with Crippen LogP contribution in [0.4, 0.5) is 0 Å². The van der Waals surface area contributed by atoms with E-state index in [0.29, 0.717) is 25.6 Å². The monoisotopic (exact) mass is 368 g/mol. The van der Waals surface area contributed by atoms with Crippen LogP contribution in [0.1, 0.15) is 54.7 Å². The first-order valence-corrected chi connectivity index (χ1v) is 10.2. The van der Waals surface area contributed by atoms with Crippen LogP contribution < -0.4 is 0 Å². The van der Waals surface area contributed by atoms with Crippen molar-refractivity contribution in [2.24, 2.45) is 11.8 Å². The summed E-state index contributed by atoms with van der Waals surface area (Å²) < 4.78 is 5.17. The van der Waals surface area contributed by atoms with Gasteiger partial charge in [-0.05, 0) is 56.6 Å². The number of carbonyl (C=O) groups excluding carboxylic acids is 2. The Morgan fingerprint density at radius 2 is 2.15 bits per heavy atom. The zero-order valence-corrected chi connectivity index (χ0v) is 16.2. The maximum Gasteiger partial charge on any atom is 0.310 e. The molecular formula is C22H28N2O3. The van der Waals surface area contributed by atoms with Gasteiger partial charge in [0.15, 0.2) is 0 Å². The number of esters is 1. The van der Waals surface area contributed by atoms with Gasteiger partial charge in [-0.15, -0.1) is 0 Å². The van der Waals surface area contributed by atoms with E-state index in [1.807, 2.05) is 24.0 Å². The first-order valence-electron chi connectivity index (χ1n) is 10.2. The fraction of sp³-hybridized carbons (Fsp3) is 0.545. The van der Waals surface area contributed by atoms with Crippen molar-refractivity contribution in [3.63, 3.8) is 0 Å². The smallest absolute Gasteiger partial charge is 0.310 e. The normalized spacial score (nSPS) is 22.5. The van der Waals surface area contributed by atoms with Crippen molar-refractivity contribution in [3.8, 4) is 0 Å². The summed E-state index contributed by atoms with van der Waals surface area (Å²) in [5.41, 5.74) is 4.34. The van der Waals surface area contributed by atoms with Crippen molar-refractivity contribution >= 4 is 22.8 Å². The van der Waals surface area contributed by atoms with Crippen LogP contribution in [0.25, 0.3) is 10.9 Å². The number of aromatic amines is 1. The Labute approximate surface area is 160 Å². The molecule has 2 aliphatic rings. The van der Waals surface area contributed by atoms with Crippen LogP contribution in [0.5, 0.6) is 0 Å². The van der Waals surface area contributed by atoms with Crippen LogP contribution >= 0.6 is 0 Å². The summed E-state index contributed by atoms with van der Waals surface area (Å²) in [6.07, 6.45) is 4.94. The summed E-state index contributed by atoms with van der Waals surface area (Å²) in [5.74, 6) is 0.307. The maximum absolute atomic E-state index is 13.3. The van der Waals surface area contributed by atoms with Crippen LogP contribution in [0.15, 0.2) is 18.2 Å². The number of fused-ring (bicyclic) bond motifs is 3. The SMILES string of the molecule is CCOC(=O)C1CCCN(C(=O)c2cccc3c4c([nH]c23)CCC(C)C4)C1. The van der Waals surface area contributed by atoms with Crippen molar-refractivity contribution in [2.75, 3.05) is 19.7 Å². The number of nitrogens with zero attached hydrogens (tertiary/aromatic N) is 1. The lowest BCUT2D eigenvalue weighted by atomic mass is 9.87. The lowest BCUT2D eigenvalue weighted by Crippen LogP contribution is -2.42. The predicted octanol–water partition coefficient (Wildman–Crippen LogP) is 3.71. The first-order chi connectivity index (χ1) is 13.1. The van der Waals surface area contributed by atoms with E-state index in [1.165, 1.54) is 23.1 Å². The van der Waals surface area contributed by atoms with Crippen molar-refractivity contribution in [2.45, 2.75) is 46.0 Å². The summed E-state index contributed by atoms with van der Waals surface area (Å²) in [5, 5.41) is 1.18. The molecule has 27 heavy (non-hydrogen) atoms. The topological polar surface area (TPSA) is 62.4 Å². The average molecular weight is 368 g/mol. The predicted molar refractivity (Wildman–Crippen MR) is 105 cm³/mol. The van der Waals surface area contributed by atoms with Gasteiger partial charge < -0.3 is 14.6 Å². The number of para-hydroxylation sites is 1. The molecule has 2 unspecified atom stereocenters. The number of amides is 1. The largest absolute Gasteiger partial charge is 0.466 e. The Morgan fingerprint density at radius 1 is 1.30 bits per heavy atom. The third-order valence-electron chi connectivity index (χ3n) is 6.03. The molecule has 5 heteroatoms. The standard InChI is InChI=1S/C22H28N2O3/c1-3-27-22(26)15-6-5-11-24(13-15)21(25)17-8-4-7-16-18-12-14(2)9-10-19(18)23-20(16)17/h4,7-8,14-15,23H,3,5-6,9-13H2,1-2H3. The second-order valence-corrected chi connectivity index (χ2v) is 8.00. The molecule has 1 aromatic carbocycles. The second kappa shape index (κ2) is 7.37. The molecule has 0 bridgehead atoms. The zero-order valence-electron chi connectivity index (χ0n) is 16.2. The van der Waals surface area contributed by atoms with E-state index in [2.05, 4.69) is 18.0 Å². The number of rotatable bonds is 3. The number of likely N-dealkylation sites (tertiary alicyclic amines) is 1. The number of benzene rings is 1. The van der Waals surface area contributed by atoms with Gasteiger partial charge >= 0.3 is 5.97 Å². The van der Waals surface area contributed by atoms with Crippen molar-refractivity contribution < 1.29 is 14.3 Å². The molecule has 0 radical (unpaired) electrons. The quantitative estimate of drug-likeness (QED) is 0.840. The molecule has 144 valence electrons. The summed E-state index contributed by atoms with van der Waals surface area (Å²) in [6.45, 7) is 5.64. The highest BCUT2D eigenvalue weighted by atomic mass is 16.5. The van der Waals surface area contributed by atoms with Gasteiger partial charge in [0.05, 0.1) is 23.6 Å². The molecular weight excluding hydrogens is 340 g/mol. The van der Waals surface area contributed by atoms with Gasteiger partial charge in [-0.3, -0.25) is 9.59 Å². The fourth-order valence-corrected chi connectivity index (χ4v) is 4.58. The van der Waals surface area contributed by atoms with Crippen molar-refractivity contribution in [3.05, 3.63) is 35.0 Å². The number of hydrogen-bond donors (Lipinski definition) is 1. The number of piperidine rings is 1. The van der Waals surface area contributed by atoms with E-state index >= 15 is 0 Å². The minimum atomic E-state index is -0.209. The minimum absolute atomic E-state index is 0.0150. The average Bonchev–Trinajstić information content (AvgIpc) is 3.05. The summed E-state index contributed by atoms with van der Waals surface area (Å²) in [7, 11) is 0. The van der Waals surface area contributed by atoms with Crippen LogP contribution in [-0.2, 0) is 22.4 Å².